The maximum atomic E-state index is 2.29. The molecule has 3 rings (SSSR count). The van der Waals surface area contributed by atoms with Crippen LogP contribution in [0.5, 0.6) is 0 Å². The SMILES string of the molecule is [Zr][Si](c1ccccc1)(c1ccccc1)c1ccccc1. The monoisotopic (exact) mass is 349 g/mol. The van der Waals surface area contributed by atoms with Crippen molar-refractivity contribution in [2.45, 2.75) is 0 Å². The van der Waals surface area contributed by atoms with Crippen LogP contribution in [-0.4, -0.2) is 5.20 Å². The third kappa shape index (κ3) is 2.51. The van der Waals surface area contributed by atoms with Crippen molar-refractivity contribution in [2.24, 2.45) is 0 Å². The van der Waals surface area contributed by atoms with E-state index in [1.807, 2.05) is 0 Å². The summed E-state index contributed by atoms with van der Waals surface area (Å²) in [6.07, 6.45) is 0. The van der Waals surface area contributed by atoms with Gasteiger partial charge in [-0.1, -0.05) is 0 Å². The van der Waals surface area contributed by atoms with Crippen LogP contribution in [-0.2, 0) is 23.9 Å². The Morgan fingerprint density at radius 2 is 0.700 bits per heavy atom. The molecule has 0 nitrogen and oxygen atoms in total. The molecule has 0 fully saturated rings. The third-order valence-electron chi connectivity index (χ3n) is 3.62. The van der Waals surface area contributed by atoms with Crippen LogP contribution >= 0.6 is 0 Å². The topological polar surface area (TPSA) is 0 Å². The van der Waals surface area contributed by atoms with Crippen LogP contribution in [0.1, 0.15) is 0 Å². The second-order valence-electron chi connectivity index (χ2n) is 4.85. The van der Waals surface area contributed by atoms with Crippen molar-refractivity contribution in [2.75, 3.05) is 0 Å². The molecule has 0 N–H and O–H groups in total. The average Bonchev–Trinajstić information content (AvgIpc) is 2.56. The van der Waals surface area contributed by atoms with Crippen molar-refractivity contribution < 1.29 is 23.9 Å². The Morgan fingerprint density at radius 1 is 0.450 bits per heavy atom. The summed E-state index contributed by atoms with van der Waals surface area (Å²) in [5.74, 6) is 0. The number of rotatable bonds is 3. The Bertz CT molecular complexity index is 569. The van der Waals surface area contributed by atoms with E-state index in [1.165, 1.54) is 15.6 Å². The van der Waals surface area contributed by atoms with Crippen molar-refractivity contribution in [1.29, 1.82) is 0 Å². The number of benzene rings is 3. The molecule has 2 heteroatoms. The second-order valence-corrected chi connectivity index (χ2v) is 13.6. The van der Waals surface area contributed by atoms with Gasteiger partial charge in [-0.05, 0) is 0 Å². The molecule has 0 saturated heterocycles. The van der Waals surface area contributed by atoms with Gasteiger partial charge in [0, 0.05) is 0 Å². The van der Waals surface area contributed by atoms with Crippen molar-refractivity contribution in [1.82, 2.24) is 0 Å². The van der Waals surface area contributed by atoms with E-state index in [1.54, 1.807) is 23.9 Å². The molecule has 0 atom stereocenters. The molecule has 20 heavy (non-hydrogen) atoms. The van der Waals surface area contributed by atoms with Crippen molar-refractivity contribution in [3.8, 4) is 0 Å². The van der Waals surface area contributed by atoms with Crippen LogP contribution < -0.4 is 15.6 Å². The summed E-state index contributed by atoms with van der Waals surface area (Å²) in [7, 11) is 0. The van der Waals surface area contributed by atoms with Gasteiger partial charge in [0.15, 0.2) is 0 Å². The molecular formula is C18H15SiZr. The van der Waals surface area contributed by atoms with Gasteiger partial charge >= 0.3 is 136 Å². The fourth-order valence-electron chi connectivity index (χ4n) is 2.56. The van der Waals surface area contributed by atoms with Crippen LogP contribution in [0, 0.1) is 0 Å². The minimum absolute atomic E-state index is 1.50. The van der Waals surface area contributed by atoms with Crippen LogP contribution in [0.2, 0.25) is 0 Å². The predicted octanol–water partition coefficient (Wildman–Crippen LogP) is 2.20. The van der Waals surface area contributed by atoms with Crippen LogP contribution in [0.25, 0.3) is 0 Å². The summed E-state index contributed by atoms with van der Waals surface area (Å²) in [4.78, 5) is 0. The molecule has 0 saturated carbocycles. The summed E-state index contributed by atoms with van der Waals surface area (Å²) in [6, 6.07) is 33.0. The Hall–Kier alpha value is -1.24. The Kier molecular flexibility index (Phi) is 4.14. The summed E-state index contributed by atoms with van der Waals surface area (Å²) < 4.78 is 0. The maximum absolute atomic E-state index is 2.29. The van der Waals surface area contributed by atoms with Crippen molar-refractivity contribution in [3.63, 3.8) is 0 Å². The van der Waals surface area contributed by atoms with E-state index < -0.39 is 5.20 Å². The molecular weight excluding hydrogens is 336 g/mol. The first kappa shape index (κ1) is 13.7. The average molecular weight is 351 g/mol. The molecule has 0 amide bonds. The predicted molar refractivity (Wildman–Crippen MR) is 84.0 cm³/mol. The molecule has 0 heterocycles. The fourth-order valence-corrected chi connectivity index (χ4v) is 9.33. The molecule has 95 valence electrons. The van der Waals surface area contributed by atoms with Gasteiger partial charge in [0.05, 0.1) is 0 Å². The van der Waals surface area contributed by atoms with Gasteiger partial charge in [-0.2, -0.15) is 0 Å². The zero-order valence-corrected chi connectivity index (χ0v) is 14.6. The zero-order valence-electron chi connectivity index (χ0n) is 11.2. The first-order chi connectivity index (χ1) is 9.82. The van der Waals surface area contributed by atoms with Crippen LogP contribution in [0.4, 0.5) is 0 Å². The van der Waals surface area contributed by atoms with Gasteiger partial charge in [0.2, 0.25) is 0 Å². The van der Waals surface area contributed by atoms with E-state index in [-0.39, 0.29) is 0 Å². The molecule has 3 aromatic rings. The number of hydrogen-bond acceptors (Lipinski definition) is 0. The van der Waals surface area contributed by atoms with Crippen LogP contribution in [0.3, 0.4) is 0 Å². The van der Waals surface area contributed by atoms with Gasteiger partial charge in [0.25, 0.3) is 0 Å². The van der Waals surface area contributed by atoms with E-state index in [4.69, 9.17) is 0 Å². The van der Waals surface area contributed by atoms with E-state index in [2.05, 4.69) is 91.0 Å². The summed E-state index contributed by atoms with van der Waals surface area (Å²) in [5, 5.41) is 2.70. The number of hydrogen-bond donors (Lipinski definition) is 0. The van der Waals surface area contributed by atoms with Gasteiger partial charge in [-0.15, -0.1) is 0 Å². The van der Waals surface area contributed by atoms with Gasteiger partial charge < -0.3 is 0 Å². The van der Waals surface area contributed by atoms with E-state index in [9.17, 15) is 0 Å². The molecule has 0 aliphatic rings. The first-order valence-electron chi connectivity index (χ1n) is 6.73. The van der Waals surface area contributed by atoms with E-state index >= 15 is 0 Å². The first-order valence-corrected chi connectivity index (χ1v) is 12.4. The molecule has 0 aliphatic heterocycles. The quantitative estimate of drug-likeness (QED) is 0.502. The van der Waals surface area contributed by atoms with Crippen molar-refractivity contribution in [3.05, 3.63) is 91.0 Å². The summed E-state index contributed by atoms with van der Waals surface area (Å²) in [5.41, 5.74) is 0. The Balaban J connectivity index is 2.24. The summed E-state index contributed by atoms with van der Waals surface area (Å²) in [6.45, 7) is 0. The summed E-state index contributed by atoms with van der Waals surface area (Å²) >= 11 is 1.62. The standard InChI is InChI=1S/C18H15Si.Zr/c1-4-10-16(11-5-1)19(17-12-6-2-7-13-17)18-14-8-3-9-15-18;/h1-15H;. The van der Waals surface area contributed by atoms with Gasteiger partial charge in [-0.3, -0.25) is 0 Å². The normalized spacial score (nSPS) is 11.2. The Morgan fingerprint density at radius 3 is 0.950 bits per heavy atom. The van der Waals surface area contributed by atoms with Gasteiger partial charge in [-0.25, -0.2) is 0 Å². The molecule has 0 aliphatic carbocycles. The van der Waals surface area contributed by atoms with Gasteiger partial charge in [0.1, 0.15) is 0 Å². The zero-order chi connectivity index (χ0) is 13.8. The third-order valence-corrected chi connectivity index (χ3v) is 13.6. The molecule has 0 spiro atoms. The van der Waals surface area contributed by atoms with E-state index in [0.717, 1.165) is 0 Å². The molecule has 0 aromatic heterocycles. The molecule has 0 radical (unpaired) electrons. The fraction of sp³-hybridized carbons (Fsp3) is 0. The molecule has 0 bridgehead atoms. The Labute approximate surface area is 135 Å². The van der Waals surface area contributed by atoms with E-state index in [0.29, 0.717) is 0 Å². The molecule has 0 unspecified atom stereocenters. The second kappa shape index (κ2) is 6.03. The molecule has 3 aromatic carbocycles. The van der Waals surface area contributed by atoms with Crippen LogP contribution in [0.15, 0.2) is 91.0 Å². The van der Waals surface area contributed by atoms with Crippen molar-refractivity contribution >= 4 is 20.8 Å². The minimum atomic E-state index is -1.79.